The van der Waals surface area contributed by atoms with Crippen LogP contribution in [0.15, 0.2) is 164 Å². The number of fused-ring (bicyclic) bond motifs is 4. The third-order valence-electron chi connectivity index (χ3n) is 9.57. The summed E-state index contributed by atoms with van der Waals surface area (Å²) in [6.45, 7) is 7.70. The molecule has 0 N–H and O–H groups in total. The predicted octanol–water partition coefficient (Wildman–Crippen LogP) is 11.1. The Balaban J connectivity index is 1.24. The number of carbonyl (C=O) groups excluding carboxylic acids is 2. The van der Waals surface area contributed by atoms with Crippen LogP contribution in [0.5, 0.6) is 0 Å². The van der Waals surface area contributed by atoms with E-state index in [0.29, 0.717) is 28.2 Å². The minimum Gasteiger partial charge on any atom is -0.308 e. The van der Waals surface area contributed by atoms with Crippen LogP contribution in [-0.2, 0) is 0 Å². The average Bonchev–Trinajstić information content (AvgIpc) is 3.65. The monoisotopic (exact) mass is 641 g/mol. The molecule has 0 spiro atoms. The third kappa shape index (κ3) is 4.47. The number of para-hydroxylation sites is 2. The zero-order chi connectivity index (χ0) is 33.8. The van der Waals surface area contributed by atoms with Gasteiger partial charge in [-0.3, -0.25) is 9.59 Å². The normalized spacial score (nSPS) is 12.4. The lowest BCUT2D eigenvalue weighted by molar-refractivity contribution is 0.0926. The van der Waals surface area contributed by atoms with Crippen molar-refractivity contribution in [2.45, 2.75) is 0 Å². The highest BCUT2D eigenvalue weighted by Gasteiger charge is 2.40. The quantitative estimate of drug-likeness (QED) is 0.139. The molecule has 0 fully saturated rings. The lowest BCUT2D eigenvalue weighted by Crippen LogP contribution is -2.30. The van der Waals surface area contributed by atoms with Crippen LogP contribution in [0.4, 0.5) is 11.4 Å². The van der Waals surface area contributed by atoms with Crippen molar-refractivity contribution in [2.24, 2.45) is 0 Å². The van der Waals surface area contributed by atoms with Gasteiger partial charge in [0.2, 0.25) is 0 Å². The first kappa shape index (κ1) is 29.1. The molecule has 1 aliphatic heterocycles. The zero-order valence-electron chi connectivity index (χ0n) is 26.7. The number of amides is 2. The predicted molar refractivity (Wildman–Crippen MR) is 201 cm³/mol. The lowest BCUT2D eigenvalue weighted by atomic mass is 9.97. The van der Waals surface area contributed by atoms with Crippen molar-refractivity contribution in [2.75, 3.05) is 4.90 Å². The van der Waals surface area contributed by atoms with Gasteiger partial charge in [-0.15, -0.1) is 0 Å². The van der Waals surface area contributed by atoms with Crippen molar-refractivity contribution in [1.29, 1.82) is 0 Å². The molecule has 234 valence electrons. The van der Waals surface area contributed by atoms with Crippen LogP contribution in [0, 0.1) is 6.57 Å². The van der Waals surface area contributed by atoms with Gasteiger partial charge in [-0.1, -0.05) is 127 Å². The highest BCUT2D eigenvalue weighted by Crippen LogP contribution is 2.43. The minimum absolute atomic E-state index is 0.354. The van der Waals surface area contributed by atoms with E-state index in [1.54, 1.807) is 6.07 Å². The molecule has 0 saturated heterocycles. The van der Waals surface area contributed by atoms with Crippen LogP contribution >= 0.6 is 0 Å². The maximum atomic E-state index is 14.8. The van der Waals surface area contributed by atoms with E-state index in [-0.39, 0.29) is 11.8 Å². The molecule has 2 amide bonds. The van der Waals surface area contributed by atoms with Crippen molar-refractivity contribution >= 4 is 45.0 Å². The molecular weight excluding hydrogens is 615 g/mol. The second-order valence-electron chi connectivity index (χ2n) is 12.3. The van der Waals surface area contributed by atoms with Gasteiger partial charge in [0.05, 0.1) is 40.1 Å². The number of rotatable bonds is 5. The third-order valence-corrected chi connectivity index (χ3v) is 9.57. The topological polar surface area (TPSA) is 46.7 Å². The first-order valence-corrected chi connectivity index (χ1v) is 16.4. The van der Waals surface area contributed by atoms with Crippen molar-refractivity contribution in [3.63, 3.8) is 0 Å². The lowest BCUT2D eigenvalue weighted by Gasteiger charge is -2.20. The summed E-state index contributed by atoms with van der Waals surface area (Å²) in [5, 5.41) is 2.00. The Bertz CT molecular complexity index is 2700. The molecule has 50 heavy (non-hydrogen) atoms. The second-order valence-corrected chi connectivity index (χ2v) is 12.3. The Labute approximate surface area is 288 Å². The van der Waals surface area contributed by atoms with E-state index in [9.17, 15) is 9.59 Å². The van der Waals surface area contributed by atoms with Crippen molar-refractivity contribution in [3.8, 4) is 39.1 Å². The molecule has 0 bridgehead atoms. The van der Waals surface area contributed by atoms with Crippen molar-refractivity contribution < 1.29 is 9.59 Å². The van der Waals surface area contributed by atoms with E-state index >= 15 is 0 Å². The van der Waals surface area contributed by atoms with E-state index in [4.69, 9.17) is 6.57 Å². The van der Waals surface area contributed by atoms with E-state index < -0.39 is 0 Å². The Morgan fingerprint density at radius 2 is 1.10 bits per heavy atom. The number of nitrogens with zero attached hydrogens (tertiary/aromatic N) is 3. The van der Waals surface area contributed by atoms with Crippen LogP contribution in [0.1, 0.15) is 20.7 Å². The Kier molecular flexibility index (Phi) is 6.75. The summed E-state index contributed by atoms with van der Waals surface area (Å²) in [4.78, 5) is 34.3. The Hall–Kier alpha value is -7.03. The summed E-state index contributed by atoms with van der Waals surface area (Å²) in [5.74, 6) is -0.718. The van der Waals surface area contributed by atoms with Crippen LogP contribution in [0.25, 0.3) is 65.7 Å². The van der Waals surface area contributed by atoms with Crippen LogP contribution in [0.2, 0.25) is 0 Å². The molecule has 0 atom stereocenters. The van der Waals surface area contributed by atoms with Crippen LogP contribution in [0.3, 0.4) is 0 Å². The number of imide groups is 1. The van der Waals surface area contributed by atoms with E-state index in [1.807, 2.05) is 146 Å². The van der Waals surface area contributed by atoms with Crippen molar-refractivity contribution in [3.05, 3.63) is 186 Å². The largest absolute Gasteiger partial charge is 0.308 e. The van der Waals surface area contributed by atoms with Crippen molar-refractivity contribution in [1.82, 2.24) is 4.57 Å². The Morgan fingerprint density at radius 1 is 0.440 bits per heavy atom. The number of aromatic nitrogens is 1. The van der Waals surface area contributed by atoms with Gasteiger partial charge in [0.25, 0.3) is 11.8 Å². The fourth-order valence-electron chi connectivity index (χ4n) is 7.28. The molecular formula is C45H27N3O2. The summed E-state index contributed by atoms with van der Waals surface area (Å²) < 4.78 is 2.08. The number of hydrogen-bond donors (Lipinski definition) is 0. The van der Waals surface area contributed by atoms with E-state index in [0.717, 1.165) is 55.2 Å². The summed E-state index contributed by atoms with van der Waals surface area (Å²) in [7, 11) is 0. The van der Waals surface area contributed by atoms with Gasteiger partial charge in [0, 0.05) is 16.3 Å². The fraction of sp³-hybridized carbons (Fsp3) is 0. The van der Waals surface area contributed by atoms with E-state index in [1.165, 1.54) is 4.90 Å². The molecule has 0 aliphatic carbocycles. The SMILES string of the molecule is [C-]#[N+]c1ccccc1-c1ccc2c(c1)c1ccccc1n2-c1cccc2c1C(=O)N(c1cc(-c3ccccc3)ccc1-c1ccccc1)C2=O. The highest BCUT2D eigenvalue weighted by atomic mass is 16.2. The molecule has 0 unspecified atom stereocenters. The molecule has 0 saturated carbocycles. The van der Waals surface area contributed by atoms with Gasteiger partial charge in [0.15, 0.2) is 5.69 Å². The molecule has 8 aromatic rings. The first-order chi connectivity index (χ1) is 24.6. The molecule has 5 nitrogen and oxygen atoms in total. The minimum atomic E-state index is -0.364. The molecule has 7 aromatic carbocycles. The summed E-state index contributed by atoms with van der Waals surface area (Å²) in [5.41, 5.74) is 9.75. The average molecular weight is 642 g/mol. The van der Waals surface area contributed by atoms with Gasteiger partial charge in [0.1, 0.15) is 0 Å². The number of benzene rings is 7. The molecule has 2 heterocycles. The molecule has 1 aromatic heterocycles. The highest BCUT2D eigenvalue weighted by molar-refractivity contribution is 6.36. The zero-order valence-corrected chi connectivity index (χ0v) is 26.7. The van der Waals surface area contributed by atoms with Gasteiger partial charge >= 0.3 is 0 Å². The molecule has 9 rings (SSSR count). The van der Waals surface area contributed by atoms with Crippen LogP contribution in [-0.4, -0.2) is 16.4 Å². The fourth-order valence-corrected chi connectivity index (χ4v) is 7.28. The van der Waals surface area contributed by atoms with Gasteiger partial charge in [-0.25, -0.2) is 9.74 Å². The van der Waals surface area contributed by atoms with Gasteiger partial charge in [-0.2, -0.15) is 0 Å². The smallest absolute Gasteiger partial charge is 0.268 e. The number of anilines is 1. The maximum Gasteiger partial charge on any atom is 0.268 e. The molecule has 5 heteroatoms. The first-order valence-electron chi connectivity index (χ1n) is 16.4. The maximum absolute atomic E-state index is 14.8. The Morgan fingerprint density at radius 3 is 1.90 bits per heavy atom. The summed E-state index contributed by atoms with van der Waals surface area (Å²) in [6.07, 6.45) is 0. The summed E-state index contributed by atoms with van der Waals surface area (Å²) >= 11 is 0. The molecule has 1 aliphatic rings. The number of hydrogen-bond acceptors (Lipinski definition) is 2. The standard InChI is InChI=1S/C45H27N3O2/c1-46-38-20-10-8-17-33(38)32-24-26-40-37(27-32)35-18-9-11-21-39(35)47(40)41-22-12-19-36-43(41)45(50)48(44(36)49)42-28-31(29-13-4-2-5-14-29)23-25-34(42)30-15-6-3-7-16-30/h2-28H. The van der Waals surface area contributed by atoms with Gasteiger partial charge < -0.3 is 4.57 Å². The van der Waals surface area contributed by atoms with Crippen LogP contribution < -0.4 is 4.90 Å². The van der Waals surface area contributed by atoms with Gasteiger partial charge in [-0.05, 0) is 64.2 Å². The molecule has 0 radical (unpaired) electrons. The second kappa shape index (κ2) is 11.6. The summed E-state index contributed by atoms with van der Waals surface area (Å²) in [6, 6.07) is 53.2. The van der Waals surface area contributed by atoms with E-state index in [2.05, 4.69) is 21.5 Å². The number of carbonyl (C=O) groups is 2.